The number of thiazole rings is 2. The average Bonchev–Trinajstić information content (AvgIpc) is 2.82. The predicted octanol–water partition coefficient (Wildman–Crippen LogP) is 3.39. The number of carboxylic acid groups (broad SMARTS) is 1. The molecule has 0 saturated heterocycles. The molecule has 0 aromatic carbocycles. The Bertz CT molecular complexity index is 566. The molecule has 0 unspecified atom stereocenters. The highest BCUT2D eigenvalue weighted by molar-refractivity contribution is 7.21. The summed E-state index contributed by atoms with van der Waals surface area (Å²) >= 11 is 2.81. The van der Waals surface area contributed by atoms with Crippen LogP contribution in [0.15, 0.2) is 17.2 Å². The van der Waals surface area contributed by atoms with Crippen LogP contribution in [0.1, 0.15) is 29.2 Å². The third-order valence-electron chi connectivity index (χ3n) is 1.89. The van der Waals surface area contributed by atoms with Gasteiger partial charge in [0.25, 0.3) is 0 Å². The van der Waals surface area contributed by atoms with E-state index < -0.39 is 5.97 Å². The zero-order valence-corrected chi connectivity index (χ0v) is 10.9. The van der Waals surface area contributed by atoms with Crippen LogP contribution in [0.3, 0.4) is 0 Å². The number of hydrogen-bond acceptors (Lipinski definition) is 5. The van der Waals surface area contributed by atoms with E-state index in [2.05, 4.69) is 9.97 Å². The number of carboxylic acids is 1. The van der Waals surface area contributed by atoms with Crippen LogP contribution < -0.4 is 0 Å². The van der Waals surface area contributed by atoms with Gasteiger partial charge in [-0.2, -0.15) is 0 Å². The van der Waals surface area contributed by atoms with Gasteiger partial charge in [0.2, 0.25) is 0 Å². The zero-order chi connectivity index (χ0) is 12.4. The van der Waals surface area contributed by atoms with E-state index >= 15 is 0 Å². The highest BCUT2D eigenvalue weighted by atomic mass is 32.1. The molecule has 0 aliphatic carbocycles. The highest BCUT2D eigenvalue weighted by Crippen LogP contribution is 2.30. The SMILES string of the molecule is CC(C)=Cc1sc(-c2nccs2)nc1C(=O)O. The molecule has 4 nitrogen and oxygen atoms in total. The summed E-state index contributed by atoms with van der Waals surface area (Å²) < 4.78 is 0. The first-order valence-corrected chi connectivity index (χ1v) is 6.56. The summed E-state index contributed by atoms with van der Waals surface area (Å²) in [7, 11) is 0. The smallest absolute Gasteiger partial charge is 0.356 e. The molecule has 0 radical (unpaired) electrons. The van der Waals surface area contributed by atoms with Gasteiger partial charge in [-0.1, -0.05) is 5.57 Å². The molecule has 6 heteroatoms. The summed E-state index contributed by atoms with van der Waals surface area (Å²) in [5.74, 6) is -1.00. The first kappa shape index (κ1) is 11.9. The molecule has 0 amide bonds. The van der Waals surface area contributed by atoms with E-state index in [0.717, 1.165) is 10.6 Å². The number of nitrogens with zero attached hydrogens (tertiary/aromatic N) is 2. The van der Waals surface area contributed by atoms with E-state index in [1.54, 1.807) is 6.20 Å². The summed E-state index contributed by atoms with van der Waals surface area (Å²) in [6.45, 7) is 3.85. The van der Waals surface area contributed by atoms with E-state index in [1.165, 1.54) is 22.7 Å². The minimum Gasteiger partial charge on any atom is -0.476 e. The van der Waals surface area contributed by atoms with Crippen LogP contribution in [0.4, 0.5) is 0 Å². The van der Waals surface area contributed by atoms with Gasteiger partial charge in [-0.05, 0) is 19.9 Å². The topological polar surface area (TPSA) is 63.1 Å². The minimum atomic E-state index is -1.00. The van der Waals surface area contributed by atoms with Crippen molar-refractivity contribution in [3.05, 3.63) is 27.7 Å². The molecule has 1 N–H and O–H groups in total. The maximum Gasteiger partial charge on any atom is 0.356 e. The molecule has 2 aromatic rings. The van der Waals surface area contributed by atoms with Crippen molar-refractivity contribution >= 4 is 34.7 Å². The van der Waals surface area contributed by atoms with E-state index in [1.807, 2.05) is 25.3 Å². The van der Waals surface area contributed by atoms with Crippen LogP contribution >= 0.6 is 22.7 Å². The number of carbonyl (C=O) groups is 1. The fraction of sp³-hybridized carbons (Fsp3) is 0.182. The second kappa shape index (κ2) is 4.77. The fourth-order valence-corrected chi connectivity index (χ4v) is 3.06. The second-order valence-corrected chi connectivity index (χ2v) is 5.52. The van der Waals surface area contributed by atoms with Crippen LogP contribution in [0, 0.1) is 0 Å². The molecule has 0 saturated carbocycles. The monoisotopic (exact) mass is 266 g/mol. The number of aromatic nitrogens is 2. The lowest BCUT2D eigenvalue weighted by Crippen LogP contribution is -1.98. The van der Waals surface area contributed by atoms with Gasteiger partial charge in [-0.25, -0.2) is 14.8 Å². The molecule has 0 atom stereocenters. The molecular weight excluding hydrogens is 256 g/mol. The molecule has 2 rings (SSSR count). The third kappa shape index (κ3) is 2.59. The number of aromatic carboxylic acids is 1. The molecule has 0 spiro atoms. The van der Waals surface area contributed by atoms with Crippen molar-refractivity contribution in [3.63, 3.8) is 0 Å². The van der Waals surface area contributed by atoms with Gasteiger partial charge in [-0.15, -0.1) is 22.7 Å². The Balaban J connectivity index is 2.52. The molecule has 0 aliphatic heterocycles. The van der Waals surface area contributed by atoms with E-state index in [-0.39, 0.29) is 5.69 Å². The van der Waals surface area contributed by atoms with Crippen molar-refractivity contribution in [3.8, 4) is 10.0 Å². The summed E-state index contributed by atoms with van der Waals surface area (Å²) in [6.07, 6.45) is 3.51. The molecule has 0 aliphatic rings. The standard InChI is InChI=1S/C11H10N2O2S2/c1-6(2)5-7-8(11(14)15)13-10(17-7)9-12-3-4-16-9/h3-5H,1-2H3,(H,14,15). The normalized spacial score (nSPS) is 10.2. The van der Waals surface area contributed by atoms with Gasteiger partial charge < -0.3 is 5.11 Å². The Morgan fingerprint density at radius 3 is 2.71 bits per heavy atom. The molecule has 17 heavy (non-hydrogen) atoms. The molecule has 0 fully saturated rings. The van der Waals surface area contributed by atoms with Gasteiger partial charge in [0.15, 0.2) is 15.7 Å². The zero-order valence-electron chi connectivity index (χ0n) is 9.30. The predicted molar refractivity (Wildman–Crippen MR) is 69.5 cm³/mol. The van der Waals surface area contributed by atoms with Gasteiger partial charge in [0.1, 0.15) is 0 Å². The lowest BCUT2D eigenvalue weighted by atomic mass is 10.2. The number of rotatable bonds is 3. The fourth-order valence-electron chi connectivity index (χ4n) is 1.27. The number of hydrogen-bond donors (Lipinski definition) is 1. The first-order valence-electron chi connectivity index (χ1n) is 4.87. The van der Waals surface area contributed by atoms with Crippen molar-refractivity contribution in [2.24, 2.45) is 0 Å². The summed E-state index contributed by atoms with van der Waals surface area (Å²) in [4.78, 5) is 20.0. The second-order valence-electron chi connectivity index (χ2n) is 3.60. The highest BCUT2D eigenvalue weighted by Gasteiger charge is 2.17. The Morgan fingerprint density at radius 1 is 1.41 bits per heavy atom. The van der Waals surface area contributed by atoms with Crippen molar-refractivity contribution in [2.75, 3.05) is 0 Å². The van der Waals surface area contributed by atoms with Gasteiger partial charge in [-0.3, -0.25) is 0 Å². The maximum absolute atomic E-state index is 11.1. The van der Waals surface area contributed by atoms with Crippen molar-refractivity contribution in [1.29, 1.82) is 0 Å². The lowest BCUT2D eigenvalue weighted by Gasteiger charge is -1.90. The Kier molecular flexibility index (Phi) is 3.35. The van der Waals surface area contributed by atoms with E-state index in [4.69, 9.17) is 5.11 Å². The molecule has 88 valence electrons. The quantitative estimate of drug-likeness (QED) is 0.925. The Morgan fingerprint density at radius 2 is 2.18 bits per heavy atom. The van der Waals surface area contributed by atoms with Crippen LogP contribution in [0.2, 0.25) is 0 Å². The molecule has 2 aromatic heterocycles. The molecular formula is C11H10N2O2S2. The van der Waals surface area contributed by atoms with Crippen LogP contribution in [0.25, 0.3) is 16.1 Å². The first-order chi connectivity index (χ1) is 8.08. The van der Waals surface area contributed by atoms with Gasteiger partial charge >= 0.3 is 5.97 Å². The molecule has 0 bridgehead atoms. The minimum absolute atomic E-state index is 0.0985. The van der Waals surface area contributed by atoms with E-state index in [9.17, 15) is 4.79 Å². The van der Waals surface area contributed by atoms with Crippen molar-refractivity contribution < 1.29 is 9.90 Å². The van der Waals surface area contributed by atoms with Crippen LogP contribution in [-0.2, 0) is 0 Å². The Hall–Kier alpha value is -1.53. The molecule has 2 heterocycles. The van der Waals surface area contributed by atoms with Crippen molar-refractivity contribution in [2.45, 2.75) is 13.8 Å². The lowest BCUT2D eigenvalue weighted by molar-refractivity contribution is 0.0691. The third-order valence-corrected chi connectivity index (χ3v) is 3.81. The van der Waals surface area contributed by atoms with Crippen LogP contribution in [-0.4, -0.2) is 21.0 Å². The van der Waals surface area contributed by atoms with E-state index in [0.29, 0.717) is 9.88 Å². The van der Waals surface area contributed by atoms with Gasteiger partial charge in [0, 0.05) is 11.6 Å². The van der Waals surface area contributed by atoms with Crippen molar-refractivity contribution in [1.82, 2.24) is 9.97 Å². The summed E-state index contributed by atoms with van der Waals surface area (Å²) in [5.41, 5.74) is 1.14. The number of allylic oxidation sites excluding steroid dienone is 1. The van der Waals surface area contributed by atoms with Gasteiger partial charge in [0.05, 0.1) is 4.88 Å². The Labute approximate surface area is 106 Å². The largest absolute Gasteiger partial charge is 0.476 e. The average molecular weight is 266 g/mol. The summed E-state index contributed by atoms with van der Waals surface area (Å²) in [6, 6.07) is 0. The van der Waals surface area contributed by atoms with Crippen LogP contribution in [0.5, 0.6) is 0 Å². The maximum atomic E-state index is 11.1. The summed E-state index contributed by atoms with van der Waals surface area (Å²) in [5, 5.41) is 12.3.